The molecule has 2 nitrogen and oxygen atoms in total. The minimum absolute atomic E-state index is 0.150. The van der Waals surface area contributed by atoms with Crippen molar-refractivity contribution >= 4 is 27.5 Å². The zero-order chi connectivity index (χ0) is 14.4. The summed E-state index contributed by atoms with van der Waals surface area (Å²) in [7, 11) is 0. The second-order valence-electron chi connectivity index (χ2n) is 5.95. The van der Waals surface area contributed by atoms with Crippen LogP contribution in [-0.2, 0) is 11.2 Å². The molecule has 3 unspecified atom stereocenters. The lowest BCUT2D eigenvalue weighted by molar-refractivity contribution is -0.117. The normalized spacial score (nSPS) is 25.7. The third-order valence-corrected chi connectivity index (χ3v) is 5.27. The summed E-state index contributed by atoms with van der Waals surface area (Å²) >= 11 is 3.41. The number of anilines is 1. The standard InChI is InChI=1S/C18H16BrNO/c19-12-6-8-13(9-7-12)20-18(21)17-15-10-5-11-3-1-2-4-14(11)16(15)17/h1-4,6-9,15-17H,5,10H2,(H,20,21). The van der Waals surface area contributed by atoms with Crippen LogP contribution >= 0.6 is 15.9 Å². The molecule has 1 fully saturated rings. The Morgan fingerprint density at radius 2 is 1.86 bits per heavy atom. The number of benzene rings is 2. The first kappa shape index (κ1) is 13.1. The van der Waals surface area contributed by atoms with Crippen molar-refractivity contribution in [3.8, 4) is 0 Å². The minimum atomic E-state index is 0.150. The van der Waals surface area contributed by atoms with Gasteiger partial charge in [0.15, 0.2) is 0 Å². The number of amides is 1. The first-order chi connectivity index (χ1) is 10.2. The molecule has 3 atom stereocenters. The summed E-state index contributed by atoms with van der Waals surface area (Å²) in [6.45, 7) is 0. The van der Waals surface area contributed by atoms with E-state index in [1.807, 2.05) is 24.3 Å². The third-order valence-electron chi connectivity index (χ3n) is 4.74. The molecule has 1 saturated carbocycles. The minimum Gasteiger partial charge on any atom is -0.326 e. The number of carbonyl (C=O) groups is 1. The molecule has 0 aliphatic heterocycles. The van der Waals surface area contributed by atoms with Crippen molar-refractivity contribution in [3.63, 3.8) is 0 Å². The van der Waals surface area contributed by atoms with Crippen molar-refractivity contribution in [1.82, 2.24) is 0 Å². The molecule has 4 rings (SSSR count). The molecule has 2 aromatic carbocycles. The van der Waals surface area contributed by atoms with E-state index in [2.05, 4.69) is 45.5 Å². The molecule has 0 radical (unpaired) electrons. The predicted octanol–water partition coefficient (Wildman–Crippen LogP) is 4.36. The van der Waals surface area contributed by atoms with Crippen LogP contribution in [-0.4, -0.2) is 5.91 Å². The first-order valence-electron chi connectivity index (χ1n) is 7.38. The molecule has 0 heterocycles. The Labute approximate surface area is 132 Å². The fourth-order valence-corrected chi connectivity index (χ4v) is 3.95. The molecule has 1 N–H and O–H groups in total. The molecule has 1 amide bonds. The van der Waals surface area contributed by atoms with Crippen LogP contribution in [0.15, 0.2) is 53.0 Å². The van der Waals surface area contributed by atoms with Crippen molar-refractivity contribution in [3.05, 3.63) is 64.1 Å². The highest BCUT2D eigenvalue weighted by molar-refractivity contribution is 9.10. The average molecular weight is 342 g/mol. The average Bonchev–Trinajstić information content (AvgIpc) is 3.25. The van der Waals surface area contributed by atoms with Gasteiger partial charge < -0.3 is 5.32 Å². The number of rotatable bonds is 2. The Balaban J connectivity index is 1.52. The van der Waals surface area contributed by atoms with E-state index in [1.54, 1.807) is 0 Å². The summed E-state index contributed by atoms with van der Waals surface area (Å²) in [5.74, 6) is 1.29. The smallest absolute Gasteiger partial charge is 0.228 e. The van der Waals surface area contributed by atoms with Crippen molar-refractivity contribution in [1.29, 1.82) is 0 Å². The lowest BCUT2D eigenvalue weighted by atomic mass is 9.92. The van der Waals surface area contributed by atoms with Gasteiger partial charge in [-0.25, -0.2) is 0 Å². The maximum Gasteiger partial charge on any atom is 0.228 e. The predicted molar refractivity (Wildman–Crippen MR) is 87.3 cm³/mol. The van der Waals surface area contributed by atoms with E-state index in [-0.39, 0.29) is 11.8 Å². The van der Waals surface area contributed by atoms with E-state index in [0.29, 0.717) is 11.8 Å². The number of fused-ring (bicyclic) bond motifs is 3. The van der Waals surface area contributed by atoms with Gasteiger partial charge in [0.1, 0.15) is 0 Å². The van der Waals surface area contributed by atoms with E-state index >= 15 is 0 Å². The number of nitrogens with one attached hydrogen (secondary N) is 1. The second kappa shape index (κ2) is 4.99. The summed E-state index contributed by atoms with van der Waals surface area (Å²) in [5, 5.41) is 3.06. The maximum atomic E-state index is 12.5. The van der Waals surface area contributed by atoms with Gasteiger partial charge in [0.05, 0.1) is 0 Å². The van der Waals surface area contributed by atoms with E-state index in [1.165, 1.54) is 11.1 Å². The number of aryl methyl sites for hydroxylation is 1. The summed E-state index contributed by atoms with van der Waals surface area (Å²) in [5.41, 5.74) is 3.70. The van der Waals surface area contributed by atoms with Gasteiger partial charge in [-0.05, 0) is 60.1 Å². The molecular formula is C18H16BrNO. The lowest BCUT2D eigenvalue weighted by Crippen LogP contribution is -2.15. The van der Waals surface area contributed by atoms with Crippen LogP contribution < -0.4 is 5.32 Å². The monoisotopic (exact) mass is 341 g/mol. The number of hydrogen-bond acceptors (Lipinski definition) is 1. The van der Waals surface area contributed by atoms with Crippen LogP contribution in [0, 0.1) is 11.8 Å². The van der Waals surface area contributed by atoms with Crippen LogP contribution in [0.1, 0.15) is 23.5 Å². The quantitative estimate of drug-likeness (QED) is 0.863. The molecule has 21 heavy (non-hydrogen) atoms. The molecule has 2 aliphatic carbocycles. The molecule has 3 heteroatoms. The summed E-state index contributed by atoms with van der Waals surface area (Å²) in [6, 6.07) is 16.3. The first-order valence-corrected chi connectivity index (χ1v) is 8.17. The molecule has 2 aromatic rings. The zero-order valence-corrected chi connectivity index (χ0v) is 13.1. The third kappa shape index (κ3) is 2.30. The summed E-state index contributed by atoms with van der Waals surface area (Å²) in [4.78, 5) is 12.5. The van der Waals surface area contributed by atoms with E-state index in [0.717, 1.165) is 23.0 Å². The van der Waals surface area contributed by atoms with Gasteiger partial charge >= 0.3 is 0 Å². The molecule has 106 valence electrons. The SMILES string of the molecule is O=C(Nc1ccc(Br)cc1)C1C2CCc3ccccc3C21. The molecule has 0 bridgehead atoms. The number of hydrogen-bond donors (Lipinski definition) is 1. The van der Waals surface area contributed by atoms with E-state index in [4.69, 9.17) is 0 Å². The van der Waals surface area contributed by atoms with Crippen LogP contribution in [0.25, 0.3) is 0 Å². The van der Waals surface area contributed by atoms with Crippen molar-refractivity contribution in [2.45, 2.75) is 18.8 Å². The van der Waals surface area contributed by atoms with Gasteiger partial charge in [-0.1, -0.05) is 40.2 Å². The molecule has 0 saturated heterocycles. The molecule has 2 aliphatic rings. The summed E-state index contributed by atoms with van der Waals surface area (Å²) < 4.78 is 1.02. The Morgan fingerprint density at radius 1 is 1.10 bits per heavy atom. The summed E-state index contributed by atoms with van der Waals surface area (Å²) in [6.07, 6.45) is 2.25. The number of halogens is 1. The van der Waals surface area contributed by atoms with Gasteiger partial charge in [0, 0.05) is 16.1 Å². The van der Waals surface area contributed by atoms with Gasteiger partial charge in [-0.15, -0.1) is 0 Å². The lowest BCUT2D eigenvalue weighted by Gasteiger charge is -2.13. The van der Waals surface area contributed by atoms with Crippen LogP contribution in [0.3, 0.4) is 0 Å². The zero-order valence-electron chi connectivity index (χ0n) is 11.6. The van der Waals surface area contributed by atoms with Crippen LogP contribution in [0.5, 0.6) is 0 Å². The Hall–Kier alpha value is -1.61. The van der Waals surface area contributed by atoms with E-state index in [9.17, 15) is 4.79 Å². The fourth-order valence-electron chi connectivity index (χ4n) is 3.68. The highest BCUT2D eigenvalue weighted by Gasteiger charge is 2.56. The molecule has 0 aromatic heterocycles. The van der Waals surface area contributed by atoms with Crippen molar-refractivity contribution in [2.24, 2.45) is 11.8 Å². The topological polar surface area (TPSA) is 29.1 Å². The number of carbonyl (C=O) groups excluding carboxylic acids is 1. The Bertz CT molecular complexity index is 695. The van der Waals surface area contributed by atoms with E-state index < -0.39 is 0 Å². The van der Waals surface area contributed by atoms with Crippen LogP contribution in [0.2, 0.25) is 0 Å². The van der Waals surface area contributed by atoms with Crippen LogP contribution in [0.4, 0.5) is 5.69 Å². The maximum absolute atomic E-state index is 12.5. The van der Waals surface area contributed by atoms with Gasteiger partial charge in [0.25, 0.3) is 0 Å². The highest BCUT2D eigenvalue weighted by atomic mass is 79.9. The highest BCUT2D eigenvalue weighted by Crippen LogP contribution is 2.60. The van der Waals surface area contributed by atoms with Crippen molar-refractivity contribution < 1.29 is 4.79 Å². The molecule has 0 spiro atoms. The fraction of sp³-hybridized carbons (Fsp3) is 0.278. The largest absolute Gasteiger partial charge is 0.326 e. The molecular weight excluding hydrogens is 326 g/mol. The van der Waals surface area contributed by atoms with Gasteiger partial charge in [-0.3, -0.25) is 4.79 Å². The second-order valence-corrected chi connectivity index (χ2v) is 6.86. The van der Waals surface area contributed by atoms with Gasteiger partial charge in [-0.2, -0.15) is 0 Å². The van der Waals surface area contributed by atoms with Gasteiger partial charge in [0.2, 0.25) is 5.91 Å². The Kier molecular flexibility index (Phi) is 3.11. The van der Waals surface area contributed by atoms with Crippen molar-refractivity contribution in [2.75, 3.05) is 5.32 Å². The Morgan fingerprint density at radius 3 is 2.67 bits per heavy atom.